The van der Waals surface area contributed by atoms with E-state index >= 15 is 0 Å². The highest BCUT2D eigenvalue weighted by atomic mass is 32.1. The van der Waals surface area contributed by atoms with E-state index in [9.17, 15) is 0 Å². The summed E-state index contributed by atoms with van der Waals surface area (Å²) < 4.78 is 9.45. The largest absolute Gasteiger partial charge is 0.456 e. The first kappa shape index (κ1) is 31.6. The van der Waals surface area contributed by atoms with Gasteiger partial charge in [-0.05, 0) is 98.8 Å². The molecule has 0 aliphatic carbocycles. The number of thiophene rings is 1. The van der Waals surface area contributed by atoms with Crippen molar-refractivity contribution in [3.05, 3.63) is 200 Å². The van der Waals surface area contributed by atoms with E-state index in [0.717, 1.165) is 45.3 Å². The second-order valence-corrected chi connectivity index (χ2v) is 15.1. The first-order chi connectivity index (χ1) is 27.3. The summed E-state index contributed by atoms with van der Waals surface area (Å²) in [6.07, 6.45) is 0. The lowest BCUT2D eigenvalue weighted by atomic mass is 9.91. The first-order valence-corrected chi connectivity index (χ1v) is 19.5. The van der Waals surface area contributed by atoms with Crippen LogP contribution in [-0.2, 0) is 0 Å². The fourth-order valence-electron chi connectivity index (χ4n) is 8.27. The van der Waals surface area contributed by atoms with Crippen LogP contribution in [0.1, 0.15) is 0 Å². The fraction of sp³-hybridized carbons (Fsp3) is 0. The normalized spacial score (nSPS) is 11.8. The molecule has 0 radical (unpaired) electrons. The van der Waals surface area contributed by atoms with E-state index in [4.69, 9.17) is 4.74 Å². The van der Waals surface area contributed by atoms with Crippen molar-refractivity contribution in [3.8, 4) is 56.0 Å². The van der Waals surface area contributed by atoms with Crippen LogP contribution in [0.5, 0.6) is 11.5 Å². The Labute approximate surface area is 323 Å². The fourth-order valence-corrected chi connectivity index (χ4v) is 9.51. The summed E-state index contributed by atoms with van der Waals surface area (Å²) in [5, 5.41) is 5.01. The molecule has 55 heavy (non-hydrogen) atoms. The van der Waals surface area contributed by atoms with E-state index in [0.29, 0.717) is 0 Å². The maximum atomic E-state index is 6.81. The van der Waals surface area contributed by atoms with E-state index < -0.39 is 0 Å². The molecule has 1 aromatic heterocycles. The molecule has 0 spiro atoms. The van der Waals surface area contributed by atoms with Crippen molar-refractivity contribution in [3.63, 3.8) is 0 Å². The molecular formula is C52H33NOS. The summed E-state index contributed by atoms with van der Waals surface area (Å²) in [7, 11) is 0. The van der Waals surface area contributed by atoms with Gasteiger partial charge in [-0.2, -0.15) is 0 Å². The summed E-state index contributed by atoms with van der Waals surface area (Å²) >= 11 is 1.87. The van der Waals surface area contributed by atoms with Gasteiger partial charge in [-0.1, -0.05) is 146 Å². The van der Waals surface area contributed by atoms with Crippen LogP contribution >= 0.6 is 11.3 Å². The number of hydrogen-bond acceptors (Lipinski definition) is 3. The number of fused-ring (bicyclic) bond motifs is 10. The van der Waals surface area contributed by atoms with E-state index in [1.807, 2.05) is 11.3 Å². The van der Waals surface area contributed by atoms with Crippen LogP contribution in [0.25, 0.3) is 75.5 Å². The minimum absolute atomic E-state index is 0.844. The van der Waals surface area contributed by atoms with Gasteiger partial charge in [0.15, 0.2) is 0 Å². The molecule has 2 nitrogen and oxygen atoms in total. The topological polar surface area (TPSA) is 12.5 Å². The molecule has 0 amide bonds. The zero-order chi connectivity index (χ0) is 36.3. The molecule has 10 aromatic rings. The quantitative estimate of drug-likeness (QED) is 0.176. The molecule has 1 aliphatic heterocycles. The van der Waals surface area contributed by atoms with Crippen LogP contribution < -0.4 is 9.64 Å². The molecule has 0 unspecified atom stereocenters. The van der Waals surface area contributed by atoms with Crippen LogP contribution in [0.2, 0.25) is 0 Å². The van der Waals surface area contributed by atoms with Gasteiger partial charge < -0.3 is 9.64 Å². The van der Waals surface area contributed by atoms with Crippen molar-refractivity contribution >= 4 is 59.3 Å². The maximum absolute atomic E-state index is 6.81. The Bertz CT molecular complexity index is 3050. The first-order valence-electron chi connectivity index (χ1n) is 18.7. The van der Waals surface area contributed by atoms with Gasteiger partial charge in [-0.15, -0.1) is 11.3 Å². The van der Waals surface area contributed by atoms with Crippen molar-refractivity contribution in [1.82, 2.24) is 0 Å². The number of ether oxygens (including phenoxy) is 1. The van der Waals surface area contributed by atoms with Gasteiger partial charge in [0.05, 0.1) is 0 Å². The third-order valence-electron chi connectivity index (χ3n) is 10.9. The lowest BCUT2D eigenvalue weighted by Gasteiger charge is -2.27. The number of benzene rings is 9. The smallest absolute Gasteiger partial charge is 0.135 e. The number of nitrogens with zero attached hydrogens (tertiary/aromatic N) is 1. The molecule has 0 N–H and O–H groups in total. The van der Waals surface area contributed by atoms with Gasteiger partial charge in [0.1, 0.15) is 11.5 Å². The summed E-state index contributed by atoms with van der Waals surface area (Å²) in [5.74, 6) is 1.71. The summed E-state index contributed by atoms with van der Waals surface area (Å²) in [6, 6.07) is 72.0. The highest BCUT2D eigenvalue weighted by Crippen LogP contribution is 2.51. The van der Waals surface area contributed by atoms with Gasteiger partial charge in [0, 0.05) is 48.4 Å². The molecule has 3 heteroatoms. The zero-order valence-electron chi connectivity index (χ0n) is 29.8. The summed E-state index contributed by atoms with van der Waals surface area (Å²) in [4.78, 5) is 2.36. The molecule has 0 fully saturated rings. The van der Waals surface area contributed by atoms with Crippen molar-refractivity contribution in [2.75, 3.05) is 4.90 Å². The Kier molecular flexibility index (Phi) is 7.39. The molecule has 258 valence electrons. The lowest BCUT2D eigenvalue weighted by Crippen LogP contribution is -2.10. The average molecular weight is 720 g/mol. The van der Waals surface area contributed by atoms with Crippen LogP contribution in [0.4, 0.5) is 17.1 Å². The van der Waals surface area contributed by atoms with E-state index in [1.165, 1.54) is 58.8 Å². The van der Waals surface area contributed by atoms with Gasteiger partial charge in [-0.25, -0.2) is 0 Å². The standard InChI is InChI=1S/C52H33NOS/c1-2-11-34(12-3-1)35-21-26-38(27-22-35)53(39-28-23-37(24-29-39)42-18-10-19-46-44-16-8-9-20-50(44)55-52(42)46)40-30-32-48-47(33-40)43-15-6-7-17-45(43)51-41-14-5-4-13-36(41)25-31-49(51)54-48/h1-33H. The molecule has 2 heterocycles. The number of rotatable bonds is 5. The van der Waals surface area contributed by atoms with Gasteiger partial charge in [0.25, 0.3) is 0 Å². The Morgan fingerprint density at radius 3 is 1.78 bits per heavy atom. The lowest BCUT2D eigenvalue weighted by molar-refractivity contribution is 0.488. The maximum Gasteiger partial charge on any atom is 0.135 e. The van der Waals surface area contributed by atoms with E-state index in [-0.39, 0.29) is 0 Å². The molecule has 0 saturated carbocycles. The minimum Gasteiger partial charge on any atom is -0.456 e. The molecular weight excluding hydrogens is 687 g/mol. The number of anilines is 3. The molecule has 0 bridgehead atoms. The monoisotopic (exact) mass is 719 g/mol. The molecule has 9 aromatic carbocycles. The molecule has 1 aliphatic rings. The Morgan fingerprint density at radius 1 is 0.364 bits per heavy atom. The average Bonchev–Trinajstić information content (AvgIpc) is 3.57. The molecule has 0 atom stereocenters. The van der Waals surface area contributed by atoms with Crippen LogP contribution in [-0.4, -0.2) is 0 Å². The second-order valence-electron chi connectivity index (χ2n) is 14.1. The van der Waals surface area contributed by atoms with Crippen molar-refractivity contribution in [2.45, 2.75) is 0 Å². The SMILES string of the molecule is c1ccc(-c2ccc(N(c3ccc(-c4cccc5c4sc4ccccc45)cc3)c3ccc4c(c3)-c3ccccc3-c3c(ccc5ccccc35)O4)cc2)cc1. The Morgan fingerprint density at radius 2 is 0.964 bits per heavy atom. The zero-order valence-corrected chi connectivity index (χ0v) is 30.6. The highest BCUT2D eigenvalue weighted by Gasteiger charge is 2.24. The van der Waals surface area contributed by atoms with Crippen LogP contribution in [0.15, 0.2) is 200 Å². The predicted molar refractivity (Wildman–Crippen MR) is 233 cm³/mol. The van der Waals surface area contributed by atoms with E-state index in [1.54, 1.807) is 0 Å². The predicted octanol–water partition coefficient (Wildman–Crippen LogP) is 15.5. The Balaban J connectivity index is 1.06. The summed E-state index contributed by atoms with van der Waals surface area (Å²) in [6.45, 7) is 0. The van der Waals surface area contributed by atoms with Crippen molar-refractivity contribution < 1.29 is 4.74 Å². The van der Waals surface area contributed by atoms with E-state index in [2.05, 4.69) is 205 Å². The highest BCUT2D eigenvalue weighted by molar-refractivity contribution is 7.26. The third kappa shape index (κ3) is 5.32. The van der Waals surface area contributed by atoms with Gasteiger partial charge >= 0.3 is 0 Å². The third-order valence-corrected chi connectivity index (χ3v) is 12.1. The summed E-state index contributed by atoms with van der Waals surface area (Å²) in [5.41, 5.74) is 12.6. The molecule has 11 rings (SSSR count). The van der Waals surface area contributed by atoms with Crippen molar-refractivity contribution in [2.24, 2.45) is 0 Å². The minimum atomic E-state index is 0.844. The van der Waals surface area contributed by atoms with Gasteiger partial charge in [0.2, 0.25) is 0 Å². The molecule has 0 saturated heterocycles. The van der Waals surface area contributed by atoms with Crippen LogP contribution in [0.3, 0.4) is 0 Å². The number of hydrogen-bond donors (Lipinski definition) is 0. The van der Waals surface area contributed by atoms with Crippen molar-refractivity contribution in [1.29, 1.82) is 0 Å². The Hall–Kier alpha value is -6.94. The van der Waals surface area contributed by atoms with Crippen LogP contribution in [0, 0.1) is 0 Å². The second kappa shape index (κ2) is 12.9. The van der Waals surface area contributed by atoms with Gasteiger partial charge in [-0.3, -0.25) is 0 Å².